The zero-order valence-corrected chi connectivity index (χ0v) is 21.3. The fourth-order valence-electron chi connectivity index (χ4n) is 4.74. The first kappa shape index (κ1) is 26.3. The van der Waals surface area contributed by atoms with Crippen LogP contribution in [0.1, 0.15) is 80.5 Å². The zero-order chi connectivity index (χ0) is 26.5. The van der Waals surface area contributed by atoms with Crippen molar-refractivity contribution < 1.29 is 23.3 Å². The minimum absolute atomic E-state index is 0.0308. The molecule has 2 aromatic heterocycles. The molecule has 1 aliphatic rings. The van der Waals surface area contributed by atoms with Crippen molar-refractivity contribution in [3.05, 3.63) is 47.4 Å². The van der Waals surface area contributed by atoms with E-state index < -0.39 is 29.7 Å². The van der Waals surface area contributed by atoms with Crippen LogP contribution in [0.15, 0.2) is 28.8 Å². The molecule has 0 radical (unpaired) electrons. The number of aryl methyl sites for hydroxylation is 1. The van der Waals surface area contributed by atoms with Crippen molar-refractivity contribution in [2.75, 3.05) is 6.54 Å². The molecule has 1 aromatic carbocycles. The summed E-state index contributed by atoms with van der Waals surface area (Å²) >= 11 is 0. The first-order valence-corrected chi connectivity index (χ1v) is 12.7. The van der Waals surface area contributed by atoms with E-state index in [-0.39, 0.29) is 36.0 Å². The second-order valence-corrected chi connectivity index (χ2v) is 9.52. The van der Waals surface area contributed by atoms with Gasteiger partial charge in [-0.1, -0.05) is 18.1 Å². The molecule has 1 fully saturated rings. The fraction of sp³-hybridized carbons (Fsp3) is 0.500. The highest BCUT2D eigenvalue weighted by Gasteiger charge is 2.29. The SMILES string of the molecule is CC[C@H]1CCCCN1C(=O)CC[C@H](NC(=O)c1cc(C)on1)C(=O)N[C@@H](C)c1nc2c(F)cccc2[nH]1. The first-order chi connectivity index (χ1) is 17.8. The van der Waals surface area contributed by atoms with E-state index in [0.29, 0.717) is 23.6 Å². The molecule has 3 atom stereocenters. The summed E-state index contributed by atoms with van der Waals surface area (Å²) in [5.74, 6) is -0.721. The van der Waals surface area contributed by atoms with E-state index in [0.717, 1.165) is 25.7 Å². The Morgan fingerprint density at radius 2 is 2.08 bits per heavy atom. The lowest BCUT2D eigenvalue weighted by molar-refractivity contribution is -0.135. The maximum absolute atomic E-state index is 14.1. The third kappa shape index (κ3) is 6.15. The minimum Gasteiger partial charge on any atom is -0.361 e. The van der Waals surface area contributed by atoms with Gasteiger partial charge in [0.15, 0.2) is 11.5 Å². The van der Waals surface area contributed by atoms with Gasteiger partial charge in [0.1, 0.15) is 23.1 Å². The molecule has 1 aliphatic heterocycles. The number of nitrogens with zero attached hydrogens (tertiary/aromatic N) is 3. The second-order valence-electron chi connectivity index (χ2n) is 9.52. The number of carbonyl (C=O) groups excluding carboxylic acids is 3. The van der Waals surface area contributed by atoms with Crippen LogP contribution in [-0.2, 0) is 9.59 Å². The number of benzene rings is 1. The predicted molar refractivity (Wildman–Crippen MR) is 134 cm³/mol. The molecule has 37 heavy (non-hydrogen) atoms. The number of rotatable bonds is 9. The topological polar surface area (TPSA) is 133 Å². The molecule has 3 N–H and O–H groups in total. The zero-order valence-electron chi connectivity index (χ0n) is 21.3. The molecular weight excluding hydrogens is 479 g/mol. The average Bonchev–Trinajstić information content (AvgIpc) is 3.53. The van der Waals surface area contributed by atoms with Gasteiger partial charge < -0.3 is 25.0 Å². The Morgan fingerprint density at radius 3 is 2.78 bits per heavy atom. The number of aromatic amines is 1. The van der Waals surface area contributed by atoms with Gasteiger partial charge in [-0.15, -0.1) is 0 Å². The maximum Gasteiger partial charge on any atom is 0.274 e. The molecule has 0 aliphatic carbocycles. The summed E-state index contributed by atoms with van der Waals surface area (Å²) in [7, 11) is 0. The highest BCUT2D eigenvalue weighted by Crippen LogP contribution is 2.22. The van der Waals surface area contributed by atoms with Crippen LogP contribution in [0, 0.1) is 12.7 Å². The van der Waals surface area contributed by atoms with Crippen LogP contribution in [0.25, 0.3) is 11.0 Å². The molecule has 0 unspecified atom stereocenters. The summed E-state index contributed by atoms with van der Waals surface area (Å²) in [5, 5.41) is 9.23. The molecular formula is C26H33FN6O4. The number of imidazole rings is 1. The minimum atomic E-state index is -0.998. The number of para-hydroxylation sites is 1. The van der Waals surface area contributed by atoms with Crippen LogP contribution in [0.4, 0.5) is 4.39 Å². The van der Waals surface area contributed by atoms with E-state index >= 15 is 0 Å². The number of hydrogen-bond acceptors (Lipinski definition) is 6. The summed E-state index contributed by atoms with van der Waals surface area (Å²) in [6.45, 7) is 6.14. The fourth-order valence-corrected chi connectivity index (χ4v) is 4.74. The lowest BCUT2D eigenvalue weighted by Crippen LogP contribution is -2.49. The number of aromatic nitrogens is 3. The van der Waals surface area contributed by atoms with Crippen LogP contribution in [0.2, 0.25) is 0 Å². The number of fused-ring (bicyclic) bond motifs is 1. The predicted octanol–water partition coefficient (Wildman–Crippen LogP) is 3.55. The van der Waals surface area contributed by atoms with E-state index in [1.165, 1.54) is 12.1 Å². The van der Waals surface area contributed by atoms with Crippen molar-refractivity contribution in [2.24, 2.45) is 0 Å². The molecule has 1 saturated heterocycles. The number of carbonyl (C=O) groups is 3. The van der Waals surface area contributed by atoms with E-state index in [9.17, 15) is 18.8 Å². The van der Waals surface area contributed by atoms with E-state index in [1.54, 1.807) is 26.0 Å². The van der Waals surface area contributed by atoms with Crippen LogP contribution in [0.3, 0.4) is 0 Å². The third-order valence-corrected chi connectivity index (χ3v) is 6.80. The van der Waals surface area contributed by atoms with Gasteiger partial charge in [-0.05, 0) is 58.1 Å². The molecule has 0 bridgehead atoms. The normalized spacial score (nSPS) is 17.4. The first-order valence-electron chi connectivity index (χ1n) is 12.7. The molecule has 3 aromatic rings. The molecule has 3 heterocycles. The average molecular weight is 513 g/mol. The Hall–Kier alpha value is -3.76. The quantitative estimate of drug-likeness (QED) is 0.402. The highest BCUT2D eigenvalue weighted by molar-refractivity contribution is 5.96. The van der Waals surface area contributed by atoms with Crippen LogP contribution in [-0.4, -0.2) is 56.4 Å². The lowest BCUT2D eigenvalue weighted by atomic mass is 9.99. The third-order valence-electron chi connectivity index (χ3n) is 6.80. The van der Waals surface area contributed by atoms with Gasteiger partial charge in [-0.3, -0.25) is 14.4 Å². The smallest absolute Gasteiger partial charge is 0.274 e. The van der Waals surface area contributed by atoms with Gasteiger partial charge in [0.05, 0.1) is 11.6 Å². The Bertz CT molecular complexity index is 1270. The Balaban J connectivity index is 1.47. The van der Waals surface area contributed by atoms with Gasteiger partial charge >= 0.3 is 0 Å². The Morgan fingerprint density at radius 1 is 1.27 bits per heavy atom. The summed E-state index contributed by atoms with van der Waals surface area (Å²) in [6, 6.07) is 4.66. The number of hydrogen-bond donors (Lipinski definition) is 3. The van der Waals surface area contributed by atoms with E-state index in [2.05, 4.69) is 32.7 Å². The molecule has 10 nitrogen and oxygen atoms in total. The summed E-state index contributed by atoms with van der Waals surface area (Å²) < 4.78 is 19.1. The van der Waals surface area contributed by atoms with Crippen LogP contribution >= 0.6 is 0 Å². The monoisotopic (exact) mass is 512 g/mol. The van der Waals surface area contributed by atoms with Gasteiger partial charge in [0.25, 0.3) is 5.91 Å². The molecule has 0 saturated carbocycles. The van der Waals surface area contributed by atoms with E-state index in [4.69, 9.17) is 4.52 Å². The van der Waals surface area contributed by atoms with Crippen molar-refractivity contribution in [2.45, 2.75) is 77.4 Å². The van der Waals surface area contributed by atoms with Crippen molar-refractivity contribution in [1.82, 2.24) is 30.7 Å². The van der Waals surface area contributed by atoms with Gasteiger partial charge in [-0.25, -0.2) is 9.37 Å². The molecule has 11 heteroatoms. The Labute approximate surface area is 214 Å². The summed E-state index contributed by atoms with van der Waals surface area (Å²) in [6.07, 6.45) is 4.14. The summed E-state index contributed by atoms with van der Waals surface area (Å²) in [4.78, 5) is 48.3. The lowest BCUT2D eigenvalue weighted by Gasteiger charge is -2.35. The number of amides is 3. The number of H-pyrrole nitrogens is 1. The molecule has 4 rings (SSSR count). The van der Waals surface area contributed by atoms with Crippen LogP contribution in [0.5, 0.6) is 0 Å². The van der Waals surface area contributed by atoms with Crippen LogP contribution < -0.4 is 10.6 Å². The van der Waals surface area contributed by atoms with E-state index in [1.807, 2.05) is 4.90 Å². The molecule has 198 valence electrons. The molecule has 3 amide bonds. The van der Waals surface area contributed by atoms with Crippen molar-refractivity contribution >= 4 is 28.8 Å². The Kier molecular flexibility index (Phi) is 8.20. The number of likely N-dealkylation sites (tertiary alicyclic amines) is 1. The van der Waals surface area contributed by atoms with Crippen molar-refractivity contribution in [1.29, 1.82) is 0 Å². The van der Waals surface area contributed by atoms with Gasteiger partial charge in [0.2, 0.25) is 11.8 Å². The van der Waals surface area contributed by atoms with Crippen molar-refractivity contribution in [3.63, 3.8) is 0 Å². The number of halogens is 1. The second kappa shape index (κ2) is 11.5. The highest BCUT2D eigenvalue weighted by atomic mass is 19.1. The largest absolute Gasteiger partial charge is 0.361 e. The van der Waals surface area contributed by atoms with Gasteiger partial charge in [0, 0.05) is 25.1 Å². The number of piperidine rings is 1. The van der Waals surface area contributed by atoms with Gasteiger partial charge in [-0.2, -0.15) is 0 Å². The summed E-state index contributed by atoms with van der Waals surface area (Å²) in [5.41, 5.74) is 0.743. The maximum atomic E-state index is 14.1. The van der Waals surface area contributed by atoms with Crippen molar-refractivity contribution in [3.8, 4) is 0 Å². The standard InChI is InChI=1S/C26H33FN6O4/c1-4-17-8-5-6-13-33(17)22(34)12-11-20(30-26(36)21-14-15(2)37-32-21)25(35)28-16(3)24-29-19-10-7-9-18(27)23(19)31-24/h7,9-10,14,16-17,20H,4-6,8,11-13H2,1-3H3,(H,28,35)(H,29,31)(H,30,36)/t16-,17-,20-/m0/s1. The molecule has 0 spiro atoms. The number of nitrogens with one attached hydrogen (secondary N) is 3.